The van der Waals surface area contributed by atoms with Gasteiger partial charge in [-0.3, -0.25) is 4.31 Å². The highest BCUT2D eigenvalue weighted by Gasteiger charge is 2.25. The second-order valence-electron chi connectivity index (χ2n) is 5.22. The van der Waals surface area contributed by atoms with Gasteiger partial charge in [0.25, 0.3) is 0 Å². The Balaban J connectivity index is 0.00000106. The first-order chi connectivity index (χ1) is 10.2. The second kappa shape index (κ2) is 9.55. The molecule has 0 bridgehead atoms. The Hall–Kier alpha value is -0.440. The van der Waals surface area contributed by atoms with Gasteiger partial charge in [-0.2, -0.15) is 0 Å². The van der Waals surface area contributed by atoms with Crippen LogP contribution in [-0.2, 0) is 0 Å². The highest BCUT2D eigenvalue weighted by Crippen LogP contribution is 2.36. The molecule has 2 rings (SSSR count). The van der Waals surface area contributed by atoms with Crippen molar-refractivity contribution in [2.45, 2.75) is 39.5 Å². The average molecular weight is 326 g/mol. The van der Waals surface area contributed by atoms with Crippen LogP contribution in [0.15, 0.2) is 24.8 Å². The van der Waals surface area contributed by atoms with Gasteiger partial charge in [0, 0.05) is 18.1 Å². The van der Waals surface area contributed by atoms with E-state index in [2.05, 4.69) is 30.1 Å². The van der Waals surface area contributed by atoms with Crippen molar-refractivity contribution in [2.24, 2.45) is 5.92 Å². The molecule has 21 heavy (non-hydrogen) atoms. The molecule has 118 valence electrons. The molecule has 0 spiro atoms. The number of hydrogen-bond donors (Lipinski definition) is 0. The fraction of sp³-hybridized carbons (Fsp3) is 0.556. The van der Waals surface area contributed by atoms with E-state index in [9.17, 15) is 0 Å². The fourth-order valence-corrected chi connectivity index (χ4v) is 3.71. The third-order valence-electron chi connectivity index (χ3n) is 4.22. The first-order valence-corrected chi connectivity index (χ1v) is 9.42. The van der Waals surface area contributed by atoms with Crippen LogP contribution in [0.5, 0.6) is 0 Å². The molecule has 1 aliphatic heterocycles. The summed E-state index contributed by atoms with van der Waals surface area (Å²) in [6.07, 6.45) is 6.65. The molecule has 1 aliphatic rings. The monoisotopic (exact) mass is 325 g/mol. The van der Waals surface area contributed by atoms with Crippen LogP contribution in [0.2, 0.25) is 5.02 Å². The van der Waals surface area contributed by atoms with E-state index in [1.54, 1.807) is 0 Å². The summed E-state index contributed by atoms with van der Waals surface area (Å²) in [5.41, 5.74) is 2.58. The predicted molar refractivity (Wildman–Crippen MR) is 99.1 cm³/mol. The van der Waals surface area contributed by atoms with E-state index in [-0.39, 0.29) is 0 Å². The topological polar surface area (TPSA) is 3.24 Å². The van der Waals surface area contributed by atoms with Gasteiger partial charge in [-0.1, -0.05) is 63.0 Å². The van der Waals surface area contributed by atoms with E-state index in [1.807, 2.05) is 44.0 Å². The Morgan fingerprint density at radius 3 is 2.48 bits per heavy atom. The van der Waals surface area contributed by atoms with Gasteiger partial charge < -0.3 is 0 Å². The van der Waals surface area contributed by atoms with Crippen LogP contribution in [0.3, 0.4) is 0 Å². The van der Waals surface area contributed by atoms with E-state index >= 15 is 0 Å². The number of benzene rings is 1. The van der Waals surface area contributed by atoms with Gasteiger partial charge in [-0.25, -0.2) is 0 Å². The van der Waals surface area contributed by atoms with E-state index in [0.717, 1.165) is 10.9 Å². The number of nitrogens with zero attached hydrogens (tertiary/aromatic N) is 1. The van der Waals surface area contributed by atoms with E-state index in [4.69, 9.17) is 11.6 Å². The smallest absolute Gasteiger partial charge is 0.0412 e. The van der Waals surface area contributed by atoms with Crippen LogP contribution in [0.4, 0.5) is 0 Å². The van der Waals surface area contributed by atoms with Gasteiger partial charge in [0.2, 0.25) is 0 Å². The summed E-state index contributed by atoms with van der Waals surface area (Å²) in [6.45, 7) is 12.7. The molecule has 1 aromatic rings. The molecule has 0 saturated carbocycles. The van der Waals surface area contributed by atoms with Crippen molar-refractivity contribution < 1.29 is 0 Å². The molecule has 1 saturated heterocycles. The largest absolute Gasteiger partial charge is 0.251 e. The van der Waals surface area contributed by atoms with Crippen LogP contribution in [0, 0.1) is 5.92 Å². The van der Waals surface area contributed by atoms with Crippen LogP contribution in [0.1, 0.15) is 50.7 Å². The first kappa shape index (κ1) is 18.6. The van der Waals surface area contributed by atoms with Crippen molar-refractivity contribution in [3.63, 3.8) is 0 Å². The maximum atomic E-state index is 6.07. The van der Waals surface area contributed by atoms with E-state index in [1.165, 1.54) is 37.1 Å². The Morgan fingerprint density at radius 1 is 1.33 bits per heavy atom. The number of rotatable bonds is 4. The third kappa shape index (κ3) is 5.05. The quantitative estimate of drug-likeness (QED) is 0.615. The lowest BCUT2D eigenvalue weighted by Gasteiger charge is -2.34. The highest BCUT2D eigenvalue weighted by molar-refractivity contribution is 7.96. The summed E-state index contributed by atoms with van der Waals surface area (Å²) >= 11 is 7.93. The maximum Gasteiger partial charge on any atom is 0.0412 e. The minimum Gasteiger partial charge on any atom is -0.251 e. The van der Waals surface area contributed by atoms with Crippen LogP contribution < -0.4 is 0 Å². The molecule has 1 fully saturated rings. The normalized spacial score (nSPS) is 17.8. The van der Waals surface area contributed by atoms with Crippen molar-refractivity contribution >= 4 is 29.6 Å². The molecule has 3 heteroatoms. The Labute approximate surface area is 139 Å². The molecular formula is C18H28ClNS. The second-order valence-corrected chi connectivity index (χ2v) is 6.53. The Kier molecular flexibility index (Phi) is 8.46. The van der Waals surface area contributed by atoms with E-state index in [0.29, 0.717) is 5.92 Å². The minimum absolute atomic E-state index is 0.578. The van der Waals surface area contributed by atoms with Crippen molar-refractivity contribution in [1.29, 1.82) is 0 Å². The maximum absolute atomic E-state index is 6.07. The first-order valence-electron chi connectivity index (χ1n) is 7.86. The molecule has 0 N–H and O–H groups in total. The van der Waals surface area contributed by atoms with E-state index < -0.39 is 0 Å². The van der Waals surface area contributed by atoms with Gasteiger partial charge in [-0.05, 0) is 54.2 Å². The summed E-state index contributed by atoms with van der Waals surface area (Å²) in [7, 11) is 0. The third-order valence-corrected chi connectivity index (χ3v) is 5.34. The molecule has 0 aromatic heterocycles. The average Bonchev–Trinajstić information content (AvgIpc) is 2.56. The SMILES string of the molecule is C=Cc1cc(Cl)ccc1C(C)C1CCN(SC)CC1.CC. The molecule has 1 heterocycles. The fourth-order valence-electron chi connectivity index (χ4n) is 2.95. The standard InChI is InChI=1S/C16H22ClNS.C2H6/c1-4-13-11-15(17)5-6-16(13)12(2)14-7-9-18(19-3)10-8-14;1-2/h4-6,11-12,14H,1,7-10H2,2-3H3;1-2H3. The summed E-state index contributed by atoms with van der Waals surface area (Å²) in [4.78, 5) is 0. The molecule has 1 nitrogen and oxygen atoms in total. The van der Waals surface area contributed by atoms with Crippen molar-refractivity contribution in [3.8, 4) is 0 Å². The minimum atomic E-state index is 0.578. The lowest BCUT2D eigenvalue weighted by molar-refractivity contribution is 0.264. The van der Waals surface area contributed by atoms with Crippen molar-refractivity contribution in [2.75, 3.05) is 19.3 Å². The lowest BCUT2D eigenvalue weighted by atomic mass is 9.80. The van der Waals surface area contributed by atoms with Gasteiger partial charge in [-0.15, -0.1) is 0 Å². The molecule has 0 aliphatic carbocycles. The zero-order valence-corrected chi connectivity index (χ0v) is 15.3. The van der Waals surface area contributed by atoms with Gasteiger partial charge in [0.15, 0.2) is 0 Å². The molecule has 1 atom stereocenters. The van der Waals surface area contributed by atoms with Crippen molar-refractivity contribution in [3.05, 3.63) is 40.9 Å². The van der Waals surface area contributed by atoms with Crippen molar-refractivity contribution in [1.82, 2.24) is 4.31 Å². The zero-order chi connectivity index (χ0) is 15.8. The molecular weight excluding hydrogens is 298 g/mol. The van der Waals surface area contributed by atoms with Gasteiger partial charge in [0.05, 0.1) is 0 Å². The number of piperidine rings is 1. The highest BCUT2D eigenvalue weighted by atomic mass is 35.5. The molecule has 1 aromatic carbocycles. The summed E-state index contributed by atoms with van der Waals surface area (Å²) in [5.74, 6) is 1.34. The summed E-state index contributed by atoms with van der Waals surface area (Å²) in [5, 5.41) is 0.794. The predicted octanol–water partition coefficient (Wildman–Crippen LogP) is 6.10. The van der Waals surface area contributed by atoms with Gasteiger partial charge >= 0.3 is 0 Å². The van der Waals surface area contributed by atoms with Crippen LogP contribution in [-0.4, -0.2) is 23.7 Å². The van der Waals surface area contributed by atoms with Crippen LogP contribution >= 0.6 is 23.5 Å². The Morgan fingerprint density at radius 2 is 1.95 bits per heavy atom. The van der Waals surface area contributed by atoms with Crippen LogP contribution in [0.25, 0.3) is 6.08 Å². The molecule has 0 amide bonds. The Bertz CT molecular complexity index is 439. The lowest BCUT2D eigenvalue weighted by Crippen LogP contribution is -2.30. The number of halogens is 1. The van der Waals surface area contributed by atoms with Gasteiger partial charge in [0.1, 0.15) is 0 Å². The zero-order valence-electron chi connectivity index (χ0n) is 13.7. The summed E-state index contributed by atoms with van der Waals surface area (Å²) in [6, 6.07) is 6.19. The summed E-state index contributed by atoms with van der Waals surface area (Å²) < 4.78 is 2.46. The molecule has 1 unspecified atom stereocenters. The molecule has 0 radical (unpaired) electrons. The number of hydrogen-bond acceptors (Lipinski definition) is 2.